The number of rotatable bonds is 5. The number of carbonyl (C=O) groups is 1. The molecule has 0 aromatic heterocycles. The number of nitrogens with two attached hydrogens (primary N) is 1. The van der Waals surface area contributed by atoms with Crippen LogP contribution in [-0.4, -0.2) is 36.1 Å². The Labute approximate surface area is 95.7 Å². The molecule has 16 heavy (non-hydrogen) atoms. The zero-order valence-electron chi connectivity index (χ0n) is 9.68. The number of hydrogen-bond donors (Lipinski definition) is 2. The molecule has 0 aliphatic heterocycles. The highest BCUT2D eigenvalue weighted by atomic mass is 16.4. The molecule has 4 heteroatoms. The second-order valence-corrected chi connectivity index (χ2v) is 3.97. The fourth-order valence-corrected chi connectivity index (χ4v) is 1.56. The molecular formula is C12H18N2O2. The molecule has 0 saturated heterocycles. The van der Waals surface area contributed by atoms with Gasteiger partial charge in [-0.05, 0) is 19.2 Å². The van der Waals surface area contributed by atoms with Crippen molar-refractivity contribution in [2.24, 2.45) is 5.73 Å². The van der Waals surface area contributed by atoms with Crippen LogP contribution in [0.2, 0.25) is 0 Å². The van der Waals surface area contributed by atoms with Crippen molar-refractivity contribution in [2.45, 2.75) is 12.5 Å². The number of benzene rings is 1. The quantitative estimate of drug-likeness (QED) is 0.776. The molecule has 1 atom stereocenters. The Morgan fingerprint density at radius 2 is 2.00 bits per heavy atom. The van der Waals surface area contributed by atoms with E-state index in [9.17, 15) is 9.90 Å². The third-order valence-electron chi connectivity index (χ3n) is 2.73. The van der Waals surface area contributed by atoms with Gasteiger partial charge in [-0.2, -0.15) is 0 Å². The SMILES string of the molecule is CCN(C)CC(N)(C(=O)O)c1ccccc1. The molecule has 0 aliphatic carbocycles. The van der Waals surface area contributed by atoms with E-state index in [4.69, 9.17) is 5.73 Å². The molecule has 0 radical (unpaired) electrons. The first-order valence-corrected chi connectivity index (χ1v) is 5.27. The summed E-state index contributed by atoms with van der Waals surface area (Å²) in [4.78, 5) is 13.2. The van der Waals surface area contributed by atoms with E-state index < -0.39 is 11.5 Å². The van der Waals surface area contributed by atoms with Crippen molar-refractivity contribution in [1.29, 1.82) is 0 Å². The molecule has 1 rings (SSSR count). The summed E-state index contributed by atoms with van der Waals surface area (Å²) in [5.74, 6) is -1.00. The zero-order chi connectivity index (χ0) is 12.2. The van der Waals surface area contributed by atoms with Crippen molar-refractivity contribution < 1.29 is 9.90 Å². The molecule has 1 unspecified atom stereocenters. The predicted octanol–water partition coefficient (Wildman–Crippen LogP) is 0.877. The third kappa shape index (κ3) is 2.59. The van der Waals surface area contributed by atoms with E-state index in [0.29, 0.717) is 12.1 Å². The number of carboxylic acids is 1. The van der Waals surface area contributed by atoms with Gasteiger partial charge in [0.2, 0.25) is 0 Å². The van der Waals surface area contributed by atoms with Crippen molar-refractivity contribution in [2.75, 3.05) is 20.1 Å². The average molecular weight is 222 g/mol. The van der Waals surface area contributed by atoms with Gasteiger partial charge in [0.05, 0.1) is 0 Å². The van der Waals surface area contributed by atoms with E-state index in [0.717, 1.165) is 6.54 Å². The lowest BCUT2D eigenvalue weighted by Gasteiger charge is -2.29. The second-order valence-electron chi connectivity index (χ2n) is 3.97. The van der Waals surface area contributed by atoms with Gasteiger partial charge in [0.25, 0.3) is 0 Å². The fraction of sp³-hybridized carbons (Fsp3) is 0.417. The van der Waals surface area contributed by atoms with E-state index in [2.05, 4.69) is 0 Å². The van der Waals surface area contributed by atoms with Crippen molar-refractivity contribution in [3.8, 4) is 0 Å². The normalized spacial score (nSPS) is 14.8. The smallest absolute Gasteiger partial charge is 0.329 e. The first-order chi connectivity index (χ1) is 7.50. The van der Waals surface area contributed by atoms with Crippen molar-refractivity contribution in [1.82, 2.24) is 4.90 Å². The van der Waals surface area contributed by atoms with E-state index in [1.54, 1.807) is 24.3 Å². The molecule has 4 nitrogen and oxygen atoms in total. The van der Waals surface area contributed by atoms with E-state index in [1.807, 2.05) is 24.9 Å². The third-order valence-corrected chi connectivity index (χ3v) is 2.73. The van der Waals surface area contributed by atoms with Gasteiger partial charge in [0.1, 0.15) is 0 Å². The fourth-order valence-electron chi connectivity index (χ4n) is 1.56. The van der Waals surface area contributed by atoms with Crippen LogP contribution in [0.5, 0.6) is 0 Å². The lowest BCUT2D eigenvalue weighted by molar-refractivity contribution is -0.144. The first kappa shape index (κ1) is 12.7. The highest BCUT2D eigenvalue weighted by Crippen LogP contribution is 2.19. The van der Waals surface area contributed by atoms with Crippen molar-refractivity contribution in [3.63, 3.8) is 0 Å². The number of hydrogen-bond acceptors (Lipinski definition) is 3. The van der Waals surface area contributed by atoms with Gasteiger partial charge in [0.15, 0.2) is 5.54 Å². The van der Waals surface area contributed by atoms with Gasteiger partial charge in [-0.3, -0.25) is 0 Å². The molecule has 0 amide bonds. The molecule has 1 aromatic carbocycles. The maximum absolute atomic E-state index is 11.3. The predicted molar refractivity (Wildman–Crippen MR) is 63.1 cm³/mol. The van der Waals surface area contributed by atoms with E-state index in [-0.39, 0.29) is 0 Å². The van der Waals surface area contributed by atoms with Gasteiger partial charge >= 0.3 is 5.97 Å². The highest BCUT2D eigenvalue weighted by Gasteiger charge is 2.36. The number of nitrogens with zero attached hydrogens (tertiary/aromatic N) is 1. The molecule has 0 aliphatic rings. The second kappa shape index (κ2) is 5.09. The average Bonchev–Trinajstić information content (AvgIpc) is 2.29. The number of likely N-dealkylation sites (N-methyl/N-ethyl adjacent to an activating group) is 1. The number of carboxylic acid groups (broad SMARTS) is 1. The molecular weight excluding hydrogens is 204 g/mol. The summed E-state index contributed by atoms with van der Waals surface area (Å²) in [6.45, 7) is 3.02. The summed E-state index contributed by atoms with van der Waals surface area (Å²) in [5, 5.41) is 9.28. The summed E-state index contributed by atoms with van der Waals surface area (Å²) in [6.07, 6.45) is 0. The molecule has 1 aromatic rings. The van der Waals surface area contributed by atoms with Gasteiger partial charge in [-0.1, -0.05) is 37.3 Å². The maximum Gasteiger partial charge on any atom is 0.329 e. The van der Waals surface area contributed by atoms with Crippen molar-refractivity contribution >= 4 is 5.97 Å². The van der Waals surface area contributed by atoms with Crippen LogP contribution in [0.1, 0.15) is 12.5 Å². The summed E-state index contributed by atoms with van der Waals surface area (Å²) < 4.78 is 0. The lowest BCUT2D eigenvalue weighted by Crippen LogP contribution is -2.52. The van der Waals surface area contributed by atoms with Gasteiger partial charge in [0, 0.05) is 6.54 Å². The maximum atomic E-state index is 11.3. The Morgan fingerprint density at radius 1 is 1.44 bits per heavy atom. The Hall–Kier alpha value is -1.39. The topological polar surface area (TPSA) is 66.6 Å². The first-order valence-electron chi connectivity index (χ1n) is 5.27. The summed E-state index contributed by atoms with van der Waals surface area (Å²) in [7, 11) is 1.85. The van der Waals surface area contributed by atoms with Crippen LogP contribution in [0.15, 0.2) is 30.3 Å². The van der Waals surface area contributed by atoms with Gasteiger partial charge < -0.3 is 15.7 Å². The van der Waals surface area contributed by atoms with Crippen LogP contribution < -0.4 is 5.73 Å². The standard InChI is InChI=1S/C12H18N2O2/c1-3-14(2)9-12(13,11(15)16)10-7-5-4-6-8-10/h4-8H,3,9,13H2,1-2H3,(H,15,16). The lowest BCUT2D eigenvalue weighted by atomic mass is 9.90. The summed E-state index contributed by atoms with van der Waals surface area (Å²) in [6, 6.07) is 8.93. The molecule has 0 heterocycles. The van der Waals surface area contributed by atoms with E-state index in [1.165, 1.54) is 0 Å². The van der Waals surface area contributed by atoms with Crippen LogP contribution in [0.3, 0.4) is 0 Å². The molecule has 0 fully saturated rings. The van der Waals surface area contributed by atoms with Crippen LogP contribution in [-0.2, 0) is 10.3 Å². The Kier molecular flexibility index (Phi) is 4.04. The molecule has 0 spiro atoms. The zero-order valence-corrected chi connectivity index (χ0v) is 9.68. The largest absolute Gasteiger partial charge is 0.480 e. The minimum absolute atomic E-state index is 0.294. The highest BCUT2D eigenvalue weighted by molar-refractivity contribution is 5.80. The molecule has 0 bridgehead atoms. The summed E-state index contributed by atoms with van der Waals surface area (Å²) in [5.41, 5.74) is 5.28. The van der Waals surface area contributed by atoms with Gasteiger partial charge in [-0.15, -0.1) is 0 Å². The minimum Gasteiger partial charge on any atom is -0.480 e. The Balaban J connectivity index is 3.02. The molecule has 88 valence electrons. The van der Waals surface area contributed by atoms with Crippen LogP contribution in [0, 0.1) is 0 Å². The Morgan fingerprint density at radius 3 is 2.44 bits per heavy atom. The monoisotopic (exact) mass is 222 g/mol. The molecule has 3 N–H and O–H groups in total. The van der Waals surface area contributed by atoms with Crippen LogP contribution in [0.4, 0.5) is 0 Å². The minimum atomic E-state index is -1.34. The van der Waals surface area contributed by atoms with Crippen LogP contribution in [0.25, 0.3) is 0 Å². The summed E-state index contributed by atoms with van der Waals surface area (Å²) >= 11 is 0. The van der Waals surface area contributed by atoms with Gasteiger partial charge in [-0.25, -0.2) is 4.79 Å². The van der Waals surface area contributed by atoms with Crippen molar-refractivity contribution in [3.05, 3.63) is 35.9 Å². The Bertz CT molecular complexity index is 353. The van der Waals surface area contributed by atoms with Crippen LogP contribution >= 0.6 is 0 Å². The molecule has 0 saturated carbocycles. The van der Waals surface area contributed by atoms with E-state index >= 15 is 0 Å². The number of aliphatic carboxylic acids is 1.